The minimum atomic E-state index is -0.794. The highest BCUT2D eigenvalue weighted by Gasteiger charge is 2.19. The van der Waals surface area contributed by atoms with Crippen molar-refractivity contribution in [1.82, 2.24) is 9.97 Å². The molecule has 0 radical (unpaired) electrons. The first-order valence-corrected chi connectivity index (χ1v) is 6.66. The zero-order valence-corrected chi connectivity index (χ0v) is 11.7. The summed E-state index contributed by atoms with van der Waals surface area (Å²) in [6.07, 6.45) is 2.96. The summed E-state index contributed by atoms with van der Waals surface area (Å²) in [6, 6.07) is 3.32. The number of nitrogens with zero attached hydrogens (tertiary/aromatic N) is 1. The Balaban J connectivity index is 2.27. The Kier molecular flexibility index (Phi) is 3.94. The fourth-order valence-electron chi connectivity index (χ4n) is 2.20. The number of nitrogens with one attached hydrogen (secondary N) is 2. The number of fused-ring (bicyclic) bond motifs is 1. The van der Waals surface area contributed by atoms with Crippen LogP contribution in [0, 0.1) is 0 Å². The molecule has 1 atom stereocenters. The van der Waals surface area contributed by atoms with Crippen LogP contribution in [-0.2, 0) is 0 Å². The van der Waals surface area contributed by atoms with Crippen LogP contribution in [-0.4, -0.2) is 27.2 Å². The molecular formula is C14H20N4O2. The Morgan fingerprint density at radius 1 is 1.50 bits per heavy atom. The highest BCUT2D eigenvalue weighted by Crippen LogP contribution is 2.24. The summed E-state index contributed by atoms with van der Waals surface area (Å²) in [4.78, 5) is 18.3. The summed E-state index contributed by atoms with van der Waals surface area (Å²) in [5.74, 6) is 0. The van der Waals surface area contributed by atoms with Crippen molar-refractivity contribution in [2.24, 2.45) is 0 Å². The van der Waals surface area contributed by atoms with E-state index < -0.39 is 5.60 Å². The molecule has 1 unspecified atom stereocenters. The fraction of sp³-hybridized carbons (Fsp3) is 0.429. The molecular weight excluding hydrogens is 256 g/mol. The highest BCUT2D eigenvalue weighted by molar-refractivity contribution is 5.88. The Bertz CT molecular complexity index is 664. The number of nitrogens with two attached hydrogens (primary N) is 1. The van der Waals surface area contributed by atoms with E-state index in [1.165, 1.54) is 6.33 Å². The third kappa shape index (κ3) is 3.08. The van der Waals surface area contributed by atoms with Crippen molar-refractivity contribution >= 4 is 22.3 Å². The molecule has 108 valence electrons. The molecule has 2 rings (SSSR count). The smallest absolute Gasteiger partial charge is 0.258 e. The Morgan fingerprint density at radius 3 is 2.95 bits per heavy atom. The van der Waals surface area contributed by atoms with Crippen LogP contribution >= 0.6 is 0 Å². The van der Waals surface area contributed by atoms with Crippen LogP contribution in [0.25, 0.3) is 10.9 Å². The predicted molar refractivity (Wildman–Crippen MR) is 80.8 cm³/mol. The van der Waals surface area contributed by atoms with E-state index >= 15 is 0 Å². The number of aromatic amines is 1. The molecule has 2 aromatic rings. The molecule has 0 saturated heterocycles. The van der Waals surface area contributed by atoms with Gasteiger partial charge in [-0.15, -0.1) is 0 Å². The van der Waals surface area contributed by atoms with Crippen molar-refractivity contribution < 1.29 is 5.11 Å². The number of hydrogen-bond donors (Lipinski definition) is 4. The minimum absolute atomic E-state index is 0.216. The number of aromatic nitrogens is 2. The average Bonchev–Trinajstić information content (AvgIpc) is 2.38. The van der Waals surface area contributed by atoms with E-state index in [-0.39, 0.29) is 5.56 Å². The third-order valence-electron chi connectivity index (χ3n) is 3.26. The van der Waals surface area contributed by atoms with E-state index in [4.69, 9.17) is 5.73 Å². The van der Waals surface area contributed by atoms with Crippen LogP contribution in [0.2, 0.25) is 0 Å². The van der Waals surface area contributed by atoms with Crippen LogP contribution in [0.1, 0.15) is 26.7 Å². The minimum Gasteiger partial charge on any atom is -0.397 e. The Morgan fingerprint density at radius 2 is 2.25 bits per heavy atom. The van der Waals surface area contributed by atoms with Gasteiger partial charge in [-0.05, 0) is 25.5 Å². The first kappa shape index (κ1) is 14.3. The quantitative estimate of drug-likeness (QED) is 0.619. The maximum atomic E-state index is 11.6. The van der Waals surface area contributed by atoms with Crippen LogP contribution in [0.4, 0.5) is 11.4 Å². The van der Waals surface area contributed by atoms with Crippen LogP contribution < -0.4 is 16.6 Å². The number of rotatable bonds is 5. The molecule has 6 heteroatoms. The topological polar surface area (TPSA) is 104 Å². The zero-order valence-electron chi connectivity index (χ0n) is 11.7. The monoisotopic (exact) mass is 276 g/mol. The SMILES string of the molecule is CCCC(C)(O)CNc1cc2nc[nH]c(=O)c2cc1N. The first-order valence-electron chi connectivity index (χ1n) is 6.66. The maximum Gasteiger partial charge on any atom is 0.258 e. The van der Waals surface area contributed by atoms with E-state index in [0.717, 1.165) is 6.42 Å². The summed E-state index contributed by atoms with van der Waals surface area (Å²) >= 11 is 0. The lowest BCUT2D eigenvalue weighted by atomic mass is 10.0. The molecule has 0 fully saturated rings. The summed E-state index contributed by atoms with van der Waals surface area (Å²) < 4.78 is 0. The molecule has 0 spiro atoms. The van der Waals surface area contributed by atoms with Crippen molar-refractivity contribution in [3.8, 4) is 0 Å². The lowest BCUT2D eigenvalue weighted by Gasteiger charge is -2.24. The molecule has 5 N–H and O–H groups in total. The van der Waals surface area contributed by atoms with Gasteiger partial charge in [-0.3, -0.25) is 4.79 Å². The zero-order chi connectivity index (χ0) is 14.8. The van der Waals surface area contributed by atoms with Gasteiger partial charge in [0.2, 0.25) is 0 Å². The van der Waals surface area contributed by atoms with E-state index in [1.54, 1.807) is 19.1 Å². The van der Waals surface area contributed by atoms with Crippen LogP contribution in [0.5, 0.6) is 0 Å². The van der Waals surface area contributed by atoms with E-state index in [0.29, 0.717) is 35.2 Å². The fourth-order valence-corrected chi connectivity index (χ4v) is 2.20. The summed E-state index contributed by atoms with van der Waals surface area (Å²) in [5, 5.41) is 13.7. The number of benzene rings is 1. The molecule has 0 bridgehead atoms. The van der Waals surface area contributed by atoms with E-state index in [9.17, 15) is 9.90 Å². The Hall–Kier alpha value is -2.08. The van der Waals surface area contributed by atoms with Crippen molar-refractivity contribution in [2.75, 3.05) is 17.6 Å². The second-order valence-corrected chi connectivity index (χ2v) is 5.29. The molecule has 1 aromatic carbocycles. The van der Waals surface area contributed by atoms with Gasteiger partial charge >= 0.3 is 0 Å². The summed E-state index contributed by atoms with van der Waals surface area (Å²) in [5.41, 5.74) is 6.63. The molecule has 6 nitrogen and oxygen atoms in total. The number of hydrogen-bond acceptors (Lipinski definition) is 5. The van der Waals surface area contributed by atoms with Crippen molar-refractivity contribution in [1.29, 1.82) is 0 Å². The predicted octanol–water partition coefficient (Wildman–Crippen LogP) is 1.47. The second-order valence-electron chi connectivity index (χ2n) is 5.29. The number of aliphatic hydroxyl groups is 1. The molecule has 1 aromatic heterocycles. The second kappa shape index (κ2) is 5.50. The molecule has 0 amide bonds. The van der Waals surface area contributed by atoms with Gasteiger partial charge in [0, 0.05) is 6.54 Å². The maximum absolute atomic E-state index is 11.6. The molecule has 0 aliphatic heterocycles. The van der Waals surface area contributed by atoms with Gasteiger partial charge < -0.3 is 21.1 Å². The van der Waals surface area contributed by atoms with Gasteiger partial charge in [-0.1, -0.05) is 13.3 Å². The van der Waals surface area contributed by atoms with Gasteiger partial charge in [-0.2, -0.15) is 0 Å². The molecule has 20 heavy (non-hydrogen) atoms. The number of H-pyrrole nitrogens is 1. The largest absolute Gasteiger partial charge is 0.397 e. The normalized spacial score (nSPS) is 14.2. The summed E-state index contributed by atoms with van der Waals surface area (Å²) in [7, 11) is 0. The standard InChI is InChI=1S/C14H20N4O2/c1-3-4-14(2,20)7-16-12-6-11-9(5-10(12)15)13(19)18-8-17-11/h5-6,8,16,20H,3-4,7,15H2,1-2H3,(H,17,18,19). The van der Waals surface area contributed by atoms with Crippen molar-refractivity contribution in [3.05, 3.63) is 28.8 Å². The molecule has 1 heterocycles. The van der Waals surface area contributed by atoms with Gasteiger partial charge in [0.25, 0.3) is 5.56 Å². The highest BCUT2D eigenvalue weighted by atomic mass is 16.3. The van der Waals surface area contributed by atoms with Crippen LogP contribution in [0.15, 0.2) is 23.3 Å². The lowest BCUT2D eigenvalue weighted by Crippen LogP contribution is -2.33. The van der Waals surface area contributed by atoms with E-state index in [1.807, 2.05) is 6.92 Å². The number of anilines is 2. The van der Waals surface area contributed by atoms with Gasteiger partial charge in [-0.25, -0.2) is 4.98 Å². The summed E-state index contributed by atoms with van der Waals surface area (Å²) in [6.45, 7) is 4.19. The Labute approximate surface area is 117 Å². The first-order chi connectivity index (χ1) is 9.43. The number of nitrogen functional groups attached to an aromatic ring is 1. The van der Waals surface area contributed by atoms with Gasteiger partial charge in [0.15, 0.2) is 0 Å². The van der Waals surface area contributed by atoms with Crippen molar-refractivity contribution in [3.63, 3.8) is 0 Å². The molecule has 0 aliphatic rings. The lowest BCUT2D eigenvalue weighted by molar-refractivity contribution is 0.0637. The van der Waals surface area contributed by atoms with Gasteiger partial charge in [0.05, 0.1) is 34.2 Å². The third-order valence-corrected chi connectivity index (χ3v) is 3.26. The van der Waals surface area contributed by atoms with Crippen LogP contribution in [0.3, 0.4) is 0 Å². The molecule has 0 saturated carbocycles. The van der Waals surface area contributed by atoms with Crippen molar-refractivity contribution in [2.45, 2.75) is 32.3 Å². The molecule has 0 aliphatic carbocycles. The van der Waals surface area contributed by atoms with E-state index in [2.05, 4.69) is 15.3 Å². The van der Waals surface area contributed by atoms with Gasteiger partial charge in [0.1, 0.15) is 0 Å². The average molecular weight is 276 g/mol.